The number of nitrogens with zero attached hydrogens (tertiary/aromatic N) is 3. The van der Waals surface area contributed by atoms with Crippen LogP contribution in [-0.2, 0) is 11.3 Å². The maximum absolute atomic E-state index is 5.49. The van der Waals surface area contributed by atoms with E-state index in [1.54, 1.807) is 7.11 Å². The van der Waals surface area contributed by atoms with Gasteiger partial charge in [0.05, 0.1) is 31.5 Å². The Morgan fingerprint density at radius 2 is 2.12 bits per heavy atom. The van der Waals surface area contributed by atoms with Crippen molar-refractivity contribution in [2.45, 2.75) is 31.8 Å². The zero-order chi connectivity index (χ0) is 17.1. The van der Waals surface area contributed by atoms with Gasteiger partial charge in [-0.1, -0.05) is 6.42 Å². The zero-order valence-electron chi connectivity index (χ0n) is 15.0. The second-order valence-electron chi connectivity index (χ2n) is 7.12. The minimum Gasteiger partial charge on any atom is -0.497 e. The average molecular weight is 344 g/mol. The largest absolute Gasteiger partial charge is 0.497 e. The van der Waals surface area contributed by atoms with Crippen LogP contribution in [0.4, 0.5) is 0 Å². The van der Waals surface area contributed by atoms with Crippen LogP contribution in [0.5, 0.6) is 5.75 Å². The van der Waals surface area contributed by atoms with Crippen molar-refractivity contribution in [3.63, 3.8) is 0 Å². The van der Waals surface area contributed by atoms with Crippen LogP contribution in [0.15, 0.2) is 18.2 Å². The topological polar surface area (TPSA) is 53.6 Å². The van der Waals surface area contributed by atoms with Gasteiger partial charge in [0, 0.05) is 37.6 Å². The van der Waals surface area contributed by atoms with Crippen LogP contribution >= 0.6 is 0 Å². The number of nitrogens with one attached hydrogen (secondary N) is 1. The van der Waals surface area contributed by atoms with Crippen molar-refractivity contribution in [2.75, 3.05) is 46.5 Å². The lowest BCUT2D eigenvalue weighted by Crippen LogP contribution is -2.49. The number of likely N-dealkylation sites (tertiary alicyclic amines) is 1. The summed E-state index contributed by atoms with van der Waals surface area (Å²) in [5.74, 6) is 0.888. The number of morpholine rings is 1. The second-order valence-corrected chi connectivity index (χ2v) is 7.12. The van der Waals surface area contributed by atoms with E-state index in [1.807, 2.05) is 12.1 Å². The summed E-state index contributed by atoms with van der Waals surface area (Å²) in [6.07, 6.45) is 3.91. The predicted octanol–water partition coefficient (Wildman–Crippen LogP) is 2.26. The van der Waals surface area contributed by atoms with Crippen LogP contribution in [0.3, 0.4) is 0 Å². The van der Waals surface area contributed by atoms with Gasteiger partial charge in [0.1, 0.15) is 5.75 Å². The third kappa shape index (κ3) is 3.81. The van der Waals surface area contributed by atoms with Crippen molar-refractivity contribution in [3.8, 4) is 5.75 Å². The number of benzene rings is 1. The van der Waals surface area contributed by atoms with Crippen LogP contribution in [0.25, 0.3) is 10.9 Å². The average Bonchev–Trinajstić information content (AvgIpc) is 3.06. The molecule has 6 heteroatoms. The predicted molar refractivity (Wildman–Crippen MR) is 98.0 cm³/mol. The van der Waals surface area contributed by atoms with Gasteiger partial charge in [0.15, 0.2) is 0 Å². The van der Waals surface area contributed by atoms with Gasteiger partial charge in [-0.2, -0.15) is 5.10 Å². The van der Waals surface area contributed by atoms with Crippen LogP contribution in [0, 0.1) is 0 Å². The molecule has 3 heterocycles. The summed E-state index contributed by atoms with van der Waals surface area (Å²) in [6, 6.07) is 6.70. The normalized spacial score (nSPS) is 23.2. The number of ether oxygens (including phenoxy) is 2. The number of H-pyrrole nitrogens is 1. The molecule has 0 unspecified atom stereocenters. The fourth-order valence-corrected chi connectivity index (χ4v) is 4.05. The Bertz CT molecular complexity index is 696. The van der Waals surface area contributed by atoms with Crippen LogP contribution in [-0.4, -0.2) is 72.5 Å². The number of rotatable bonds is 5. The molecule has 4 rings (SSSR count). The fourth-order valence-electron chi connectivity index (χ4n) is 4.05. The molecule has 1 aromatic heterocycles. The third-order valence-electron chi connectivity index (χ3n) is 5.52. The highest BCUT2D eigenvalue weighted by Gasteiger charge is 2.26. The van der Waals surface area contributed by atoms with E-state index >= 15 is 0 Å². The summed E-state index contributed by atoms with van der Waals surface area (Å²) in [5, 5.41) is 8.90. The molecule has 0 amide bonds. The second kappa shape index (κ2) is 7.72. The van der Waals surface area contributed by atoms with Crippen LogP contribution in [0.2, 0.25) is 0 Å². The quantitative estimate of drug-likeness (QED) is 0.902. The Balaban J connectivity index is 1.49. The maximum atomic E-state index is 5.49. The molecule has 25 heavy (non-hydrogen) atoms. The summed E-state index contributed by atoms with van der Waals surface area (Å²) in [4.78, 5) is 5.19. The van der Waals surface area contributed by atoms with Crippen molar-refractivity contribution >= 4 is 10.9 Å². The molecule has 2 aliphatic rings. The summed E-state index contributed by atoms with van der Waals surface area (Å²) < 4.78 is 10.9. The highest BCUT2D eigenvalue weighted by molar-refractivity contribution is 5.82. The zero-order valence-corrected chi connectivity index (χ0v) is 15.0. The molecule has 0 spiro atoms. The Kier molecular flexibility index (Phi) is 5.20. The lowest BCUT2D eigenvalue weighted by molar-refractivity contribution is 0.0151. The molecule has 0 saturated carbocycles. The Morgan fingerprint density at radius 3 is 2.96 bits per heavy atom. The first-order valence-corrected chi connectivity index (χ1v) is 9.38. The molecule has 1 N–H and O–H groups in total. The molecule has 1 atom stereocenters. The van der Waals surface area contributed by atoms with Gasteiger partial charge in [-0.15, -0.1) is 0 Å². The first-order valence-electron chi connectivity index (χ1n) is 9.38. The van der Waals surface area contributed by atoms with Gasteiger partial charge >= 0.3 is 0 Å². The van der Waals surface area contributed by atoms with E-state index in [-0.39, 0.29) is 0 Å². The molecule has 1 aromatic carbocycles. The molecular formula is C19H28N4O2. The van der Waals surface area contributed by atoms with Crippen LogP contribution in [0.1, 0.15) is 25.0 Å². The molecule has 6 nitrogen and oxygen atoms in total. The van der Waals surface area contributed by atoms with Gasteiger partial charge in [-0.25, -0.2) is 0 Å². The van der Waals surface area contributed by atoms with Crippen molar-refractivity contribution in [2.24, 2.45) is 0 Å². The summed E-state index contributed by atoms with van der Waals surface area (Å²) in [7, 11) is 1.71. The van der Waals surface area contributed by atoms with Crippen LogP contribution < -0.4 is 4.74 Å². The van der Waals surface area contributed by atoms with E-state index < -0.39 is 0 Å². The van der Waals surface area contributed by atoms with E-state index in [2.05, 4.69) is 26.1 Å². The molecular weight excluding hydrogens is 316 g/mol. The van der Waals surface area contributed by atoms with Crippen molar-refractivity contribution < 1.29 is 9.47 Å². The number of piperidine rings is 1. The summed E-state index contributed by atoms with van der Waals surface area (Å²) in [6.45, 7) is 7.12. The molecule has 136 valence electrons. The minimum absolute atomic E-state index is 0.621. The summed E-state index contributed by atoms with van der Waals surface area (Å²) >= 11 is 0. The third-order valence-corrected chi connectivity index (χ3v) is 5.52. The van der Waals surface area contributed by atoms with E-state index in [9.17, 15) is 0 Å². The highest BCUT2D eigenvalue weighted by atomic mass is 16.5. The lowest BCUT2D eigenvalue weighted by Gasteiger charge is -2.39. The number of aromatic amines is 1. The Hall–Kier alpha value is -1.63. The van der Waals surface area contributed by atoms with E-state index in [1.165, 1.54) is 36.9 Å². The molecule has 0 bridgehead atoms. The number of methoxy groups -OCH3 is 1. The molecule has 2 aromatic rings. The Labute approximate surface area is 149 Å². The smallest absolute Gasteiger partial charge is 0.119 e. The van der Waals surface area contributed by atoms with E-state index in [4.69, 9.17) is 9.47 Å². The maximum Gasteiger partial charge on any atom is 0.119 e. The minimum atomic E-state index is 0.621. The van der Waals surface area contributed by atoms with E-state index in [0.29, 0.717) is 6.04 Å². The van der Waals surface area contributed by atoms with Crippen molar-refractivity contribution in [1.29, 1.82) is 0 Å². The van der Waals surface area contributed by atoms with Crippen molar-refractivity contribution in [1.82, 2.24) is 20.0 Å². The number of aromatic nitrogens is 2. The van der Waals surface area contributed by atoms with Gasteiger partial charge in [-0.05, 0) is 37.6 Å². The van der Waals surface area contributed by atoms with Gasteiger partial charge in [0.25, 0.3) is 0 Å². The molecule has 2 aliphatic heterocycles. The monoisotopic (exact) mass is 344 g/mol. The molecule has 0 radical (unpaired) electrons. The van der Waals surface area contributed by atoms with Crippen molar-refractivity contribution in [3.05, 3.63) is 23.9 Å². The number of hydrogen-bond donors (Lipinski definition) is 1. The lowest BCUT2D eigenvalue weighted by atomic mass is 10.0. The highest BCUT2D eigenvalue weighted by Crippen LogP contribution is 2.26. The molecule has 0 aliphatic carbocycles. The fraction of sp³-hybridized carbons (Fsp3) is 0.632. The van der Waals surface area contributed by atoms with Gasteiger partial charge in [-0.3, -0.25) is 14.9 Å². The van der Waals surface area contributed by atoms with Gasteiger partial charge < -0.3 is 9.47 Å². The first kappa shape index (κ1) is 16.8. The number of fused-ring (bicyclic) bond motifs is 1. The van der Waals surface area contributed by atoms with Gasteiger partial charge in [0.2, 0.25) is 0 Å². The molecule has 2 fully saturated rings. The SMILES string of the molecule is COc1ccc2n[nH]c(CN3CCCC[C@@H]3CN3CCOCC3)c2c1. The first-order chi connectivity index (χ1) is 12.3. The standard InChI is InChI=1S/C19H28N4O2/c1-24-16-5-6-18-17(12-16)19(21-20-18)14-23-7-3-2-4-15(23)13-22-8-10-25-11-9-22/h5-6,12,15H,2-4,7-11,13-14H2,1H3,(H,20,21)/t15-/m1/s1. The Morgan fingerprint density at radius 1 is 1.24 bits per heavy atom. The van der Waals surface area contributed by atoms with E-state index in [0.717, 1.165) is 50.7 Å². The molecule has 2 saturated heterocycles. The number of hydrogen-bond acceptors (Lipinski definition) is 5. The summed E-state index contributed by atoms with van der Waals surface area (Å²) in [5.41, 5.74) is 2.21.